The van der Waals surface area contributed by atoms with Crippen molar-refractivity contribution in [3.8, 4) is 5.69 Å². The second-order valence-corrected chi connectivity index (χ2v) is 5.70. The van der Waals surface area contributed by atoms with Crippen molar-refractivity contribution in [3.05, 3.63) is 73.4 Å². The van der Waals surface area contributed by atoms with Gasteiger partial charge in [0.1, 0.15) is 11.3 Å². The predicted molar refractivity (Wildman–Crippen MR) is 94.9 cm³/mol. The molecule has 8 nitrogen and oxygen atoms in total. The fourth-order valence-corrected chi connectivity index (χ4v) is 2.70. The molecule has 0 bridgehead atoms. The summed E-state index contributed by atoms with van der Waals surface area (Å²) < 4.78 is 19.9. The smallest absolute Gasteiger partial charge is 0.343 e. The Balaban J connectivity index is 2.46. The summed E-state index contributed by atoms with van der Waals surface area (Å²) in [6.45, 7) is 1.57. The third kappa shape index (κ3) is 3.24. The number of pyridine rings is 2. The summed E-state index contributed by atoms with van der Waals surface area (Å²) >= 11 is 5.73. The van der Waals surface area contributed by atoms with Gasteiger partial charge in [0.05, 0.1) is 16.9 Å². The van der Waals surface area contributed by atoms with Gasteiger partial charge < -0.3 is 4.74 Å². The summed E-state index contributed by atoms with van der Waals surface area (Å²) in [4.78, 5) is 39.3. The van der Waals surface area contributed by atoms with Crippen LogP contribution < -0.4 is 5.43 Å². The van der Waals surface area contributed by atoms with E-state index in [-0.39, 0.29) is 29.0 Å². The molecule has 10 heteroatoms. The van der Waals surface area contributed by atoms with E-state index in [4.69, 9.17) is 16.3 Å². The minimum Gasteiger partial charge on any atom is -0.462 e. The molecule has 0 aliphatic carbocycles. The number of carbonyl (C=O) groups excluding carboxylic acids is 1. The van der Waals surface area contributed by atoms with Gasteiger partial charge in [-0.1, -0.05) is 23.7 Å². The first-order chi connectivity index (χ1) is 12.8. The van der Waals surface area contributed by atoms with E-state index >= 15 is 0 Å². The molecule has 2 heterocycles. The number of hydrogen-bond acceptors (Lipinski definition) is 6. The molecule has 138 valence electrons. The minimum absolute atomic E-state index is 0.00895. The van der Waals surface area contributed by atoms with Crippen molar-refractivity contribution in [2.75, 3.05) is 6.61 Å². The van der Waals surface area contributed by atoms with E-state index < -0.39 is 32.9 Å². The van der Waals surface area contributed by atoms with Crippen molar-refractivity contribution < 1.29 is 18.8 Å². The van der Waals surface area contributed by atoms with Crippen LogP contribution in [0.25, 0.3) is 16.7 Å². The van der Waals surface area contributed by atoms with Crippen LogP contribution in [0, 0.1) is 15.9 Å². The predicted octanol–water partition coefficient (Wildman–Crippen LogP) is 3.26. The maximum Gasteiger partial charge on any atom is 0.343 e. The Morgan fingerprint density at radius 1 is 1.41 bits per heavy atom. The average Bonchev–Trinajstić information content (AvgIpc) is 2.64. The fourth-order valence-electron chi connectivity index (χ4n) is 2.56. The number of halogens is 2. The molecule has 27 heavy (non-hydrogen) atoms. The van der Waals surface area contributed by atoms with Crippen molar-refractivity contribution in [1.29, 1.82) is 0 Å². The molecule has 0 spiro atoms. The second kappa shape index (κ2) is 7.12. The van der Waals surface area contributed by atoms with Gasteiger partial charge >= 0.3 is 5.97 Å². The first-order valence-corrected chi connectivity index (χ1v) is 8.05. The lowest BCUT2D eigenvalue weighted by atomic mass is 10.1. The van der Waals surface area contributed by atoms with Crippen LogP contribution in [0.5, 0.6) is 0 Å². The highest BCUT2D eigenvalue weighted by atomic mass is 35.5. The van der Waals surface area contributed by atoms with E-state index in [0.717, 1.165) is 16.8 Å². The first kappa shape index (κ1) is 18.5. The van der Waals surface area contributed by atoms with Crippen LogP contribution in [0.3, 0.4) is 0 Å². The van der Waals surface area contributed by atoms with Crippen LogP contribution in [0.15, 0.2) is 41.3 Å². The Hall–Kier alpha value is -3.33. The highest BCUT2D eigenvalue weighted by molar-refractivity contribution is 6.29. The van der Waals surface area contributed by atoms with Crippen molar-refractivity contribution in [3.63, 3.8) is 0 Å². The number of carbonyl (C=O) groups is 1. The number of benzene rings is 1. The van der Waals surface area contributed by atoms with Crippen LogP contribution in [0.4, 0.5) is 10.1 Å². The first-order valence-electron chi connectivity index (χ1n) is 7.67. The SMILES string of the molecule is CCOC(=O)c1cn(-c2ccccc2[N+](=O)[O-])c2nc(Cl)c(F)cc2c1=O. The van der Waals surface area contributed by atoms with E-state index in [9.17, 15) is 24.1 Å². The van der Waals surface area contributed by atoms with Crippen LogP contribution in [-0.2, 0) is 4.74 Å². The number of fused-ring (bicyclic) bond motifs is 1. The van der Waals surface area contributed by atoms with E-state index in [1.165, 1.54) is 24.3 Å². The van der Waals surface area contributed by atoms with Gasteiger partial charge in [0, 0.05) is 12.3 Å². The van der Waals surface area contributed by atoms with Gasteiger partial charge in [-0.15, -0.1) is 0 Å². The quantitative estimate of drug-likeness (QED) is 0.292. The Bertz CT molecular complexity index is 1150. The van der Waals surface area contributed by atoms with Gasteiger partial charge in [-0.3, -0.25) is 19.5 Å². The van der Waals surface area contributed by atoms with E-state index in [0.29, 0.717) is 0 Å². The number of aromatic nitrogens is 2. The Morgan fingerprint density at radius 2 is 2.11 bits per heavy atom. The van der Waals surface area contributed by atoms with Gasteiger partial charge in [0.25, 0.3) is 5.69 Å². The molecule has 1 aromatic carbocycles. The topological polar surface area (TPSA) is 104 Å². The monoisotopic (exact) mass is 391 g/mol. The molecule has 0 saturated carbocycles. The molecule has 0 N–H and O–H groups in total. The maximum absolute atomic E-state index is 13.9. The van der Waals surface area contributed by atoms with Gasteiger partial charge in [-0.25, -0.2) is 14.2 Å². The lowest BCUT2D eigenvalue weighted by Gasteiger charge is -2.13. The standard InChI is InChI=1S/C17H11ClFN3O5/c1-2-27-17(24)10-8-21(12-5-3-4-6-13(12)22(25)26)16-9(14(10)23)7-11(19)15(18)20-16/h3-8H,2H2,1H3. The largest absolute Gasteiger partial charge is 0.462 e. The maximum atomic E-state index is 13.9. The lowest BCUT2D eigenvalue weighted by Crippen LogP contribution is -2.21. The summed E-state index contributed by atoms with van der Waals surface area (Å²) in [6.07, 6.45) is 1.08. The molecule has 0 aliphatic rings. The van der Waals surface area contributed by atoms with Crippen LogP contribution in [0.1, 0.15) is 17.3 Å². The number of nitro benzene ring substituents is 1. The van der Waals surface area contributed by atoms with Crippen LogP contribution >= 0.6 is 11.6 Å². The highest BCUT2D eigenvalue weighted by Crippen LogP contribution is 2.26. The van der Waals surface area contributed by atoms with Crippen LogP contribution in [-0.4, -0.2) is 27.1 Å². The lowest BCUT2D eigenvalue weighted by molar-refractivity contribution is -0.384. The molecule has 0 atom stereocenters. The fraction of sp³-hybridized carbons (Fsp3) is 0.118. The number of rotatable bonds is 4. The molecule has 0 unspecified atom stereocenters. The summed E-state index contributed by atoms with van der Waals surface area (Å²) in [7, 11) is 0. The molecule has 0 aliphatic heterocycles. The zero-order valence-corrected chi connectivity index (χ0v) is 14.6. The zero-order chi connectivity index (χ0) is 19.7. The summed E-state index contributed by atoms with van der Waals surface area (Å²) in [5.74, 6) is -1.90. The number of nitrogens with zero attached hydrogens (tertiary/aromatic N) is 3. The molecule has 0 saturated heterocycles. The molecule has 0 radical (unpaired) electrons. The molecular formula is C17H11ClFN3O5. The van der Waals surface area contributed by atoms with Gasteiger partial charge in [-0.05, 0) is 19.1 Å². The van der Waals surface area contributed by atoms with Crippen molar-refractivity contribution in [1.82, 2.24) is 9.55 Å². The molecule has 0 amide bonds. The minimum atomic E-state index is -0.962. The van der Waals surface area contributed by atoms with Gasteiger partial charge in [0.2, 0.25) is 5.43 Å². The summed E-state index contributed by atoms with van der Waals surface area (Å²) in [6, 6.07) is 6.46. The van der Waals surface area contributed by atoms with Crippen molar-refractivity contribution in [2.45, 2.75) is 6.92 Å². The third-order valence-corrected chi connectivity index (χ3v) is 3.99. The number of ether oxygens (including phenoxy) is 1. The van der Waals surface area contributed by atoms with Crippen LogP contribution in [0.2, 0.25) is 5.15 Å². The molecule has 0 fully saturated rings. The summed E-state index contributed by atoms with van der Waals surface area (Å²) in [5.41, 5.74) is -1.64. The normalized spacial score (nSPS) is 10.8. The van der Waals surface area contributed by atoms with Gasteiger partial charge in [0.15, 0.2) is 16.6 Å². The highest BCUT2D eigenvalue weighted by Gasteiger charge is 2.23. The Kier molecular flexibility index (Phi) is 4.87. The Morgan fingerprint density at radius 3 is 2.78 bits per heavy atom. The zero-order valence-electron chi connectivity index (χ0n) is 13.8. The Labute approximate surface area is 155 Å². The molecular weight excluding hydrogens is 381 g/mol. The second-order valence-electron chi connectivity index (χ2n) is 5.34. The van der Waals surface area contributed by atoms with E-state index in [2.05, 4.69) is 4.98 Å². The molecule has 2 aromatic heterocycles. The van der Waals surface area contributed by atoms with Crippen molar-refractivity contribution >= 4 is 34.3 Å². The summed E-state index contributed by atoms with van der Waals surface area (Å²) in [5, 5.41) is 10.6. The number of nitro groups is 1. The van der Waals surface area contributed by atoms with Crippen molar-refractivity contribution in [2.24, 2.45) is 0 Å². The third-order valence-electron chi connectivity index (χ3n) is 3.72. The molecule has 3 aromatic rings. The number of hydrogen-bond donors (Lipinski definition) is 0. The number of para-hydroxylation sites is 2. The van der Waals surface area contributed by atoms with Gasteiger partial charge in [-0.2, -0.15) is 0 Å². The average molecular weight is 392 g/mol. The molecule has 3 rings (SSSR count). The number of esters is 1. The van der Waals surface area contributed by atoms with E-state index in [1.54, 1.807) is 6.92 Å². The van der Waals surface area contributed by atoms with E-state index in [1.807, 2.05) is 0 Å².